The number of hydrogen-bond donors (Lipinski definition) is 2. The standard InChI is InChI=1S/C58H57F4N4O8S3/c1-6-50(67)73-34-15-22-51(68)74-35-36-75-57-53(59)55(61)58(56(62)54(57)60)77(71,72)64-76(69,70)37-14-13-33-63-47-32-31-46(44-18-9-10-19-45(44)47)52(40-23-27-42(28-24-40)65(4)48-20-11-7-16-38(48)2)41-25-29-43(30-26-41)66(5)49-21-12-8-17-39(49)3/h6-12,16-21,23-32,63-64H,1,13-15,22,33-37H2,2-5H3/q+1. The molecule has 19 heteroatoms. The number of unbranched alkanes of at least 4 members (excludes halogenated alkanes) is 1. The fourth-order valence-corrected chi connectivity index (χ4v) is 12.7. The van der Waals surface area contributed by atoms with Crippen LogP contribution in [0, 0.1) is 43.0 Å². The molecule has 7 aromatic rings. The lowest BCUT2D eigenvalue weighted by molar-refractivity contribution is -0.145. The van der Waals surface area contributed by atoms with E-state index in [4.69, 9.17) is 9.47 Å². The molecule has 12 nitrogen and oxygen atoms in total. The summed E-state index contributed by atoms with van der Waals surface area (Å²) in [5.74, 6) is -10.5. The van der Waals surface area contributed by atoms with Gasteiger partial charge in [-0.2, -0.15) is 0 Å². The van der Waals surface area contributed by atoms with Crippen LogP contribution in [0.3, 0.4) is 0 Å². The first-order chi connectivity index (χ1) is 36.8. The molecule has 0 bridgehead atoms. The molecule has 0 fully saturated rings. The number of thioether (sulfide) groups is 1. The fraction of sp³-hybridized carbons (Fsp3) is 0.224. The summed E-state index contributed by atoms with van der Waals surface area (Å²) in [5.41, 5.74) is 10.2. The predicted molar refractivity (Wildman–Crippen MR) is 296 cm³/mol. The lowest BCUT2D eigenvalue weighted by atomic mass is 9.82. The monoisotopic (exact) mass is 1110 g/mol. The van der Waals surface area contributed by atoms with Gasteiger partial charge in [0.15, 0.2) is 28.2 Å². The van der Waals surface area contributed by atoms with E-state index in [-0.39, 0.29) is 50.6 Å². The maximum absolute atomic E-state index is 15.2. The van der Waals surface area contributed by atoms with Crippen molar-refractivity contribution in [2.24, 2.45) is 0 Å². The van der Waals surface area contributed by atoms with Crippen LogP contribution >= 0.6 is 11.8 Å². The molecule has 7 rings (SSSR count). The summed E-state index contributed by atoms with van der Waals surface area (Å²) in [6, 6.07) is 45.1. The van der Waals surface area contributed by atoms with Crippen molar-refractivity contribution in [1.29, 1.82) is 0 Å². The van der Waals surface area contributed by atoms with Gasteiger partial charge in [0.1, 0.15) is 6.61 Å². The number of ether oxygens (including phenoxy) is 2. The van der Waals surface area contributed by atoms with E-state index in [1.54, 1.807) is 0 Å². The predicted octanol–water partition coefficient (Wildman–Crippen LogP) is 12.2. The normalized spacial score (nSPS) is 11.5. The zero-order valence-corrected chi connectivity index (χ0v) is 45.2. The third-order valence-corrected chi connectivity index (χ3v) is 17.2. The quantitative estimate of drug-likeness (QED) is 0.00819. The molecule has 77 heavy (non-hydrogen) atoms. The number of anilines is 5. The van der Waals surface area contributed by atoms with Crippen LogP contribution in [-0.4, -0.2) is 74.1 Å². The number of nitrogens with zero attached hydrogens (tertiary/aromatic N) is 2. The van der Waals surface area contributed by atoms with Gasteiger partial charge in [-0.25, -0.2) is 39.2 Å². The molecule has 0 aliphatic rings. The highest BCUT2D eigenvalue weighted by Crippen LogP contribution is 2.40. The van der Waals surface area contributed by atoms with Gasteiger partial charge in [0.2, 0.25) is 10.0 Å². The number of fused-ring (bicyclic) bond motifs is 1. The van der Waals surface area contributed by atoms with Crippen LogP contribution in [0.1, 0.15) is 53.5 Å². The molecule has 0 saturated heterocycles. The van der Waals surface area contributed by atoms with E-state index in [9.17, 15) is 26.4 Å². The summed E-state index contributed by atoms with van der Waals surface area (Å²) in [5, 5.41) is 5.18. The summed E-state index contributed by atoms with van der Waals surface area (Å²) < 4.78 is 124. The van der Waals surface area contributed by atoms with Gasteiger partial charge < -0.3 is 24.6 Å². The van der Waals surface area contributed by atoms with Crippen molar-refractivity contribution in [3.63, 3.8) is 0 Å². The molecule has 0 amide bonds. The molecule has 2 N–H and O–H groups in total. The van der Waals surface area contributed by atoms with E-state index in [1.165, 1.54) is 4.13 Å². The van der Waals surface area contributed by atoms with Gasteiger partial charge >= 0.3 is 11.9 Å². The molecule has 0 aliphatic heterocycles. The Morgan fingerprint density at radius 2 is 1.18 bits per heavy atom. The second-order valence-corrected chi connectivity index (χ2v) is 22.7. The van der Waals surface area contributed by atoms with E-state index >= 15 is 17.6 Å². The molecule has 0 atom stereocenters. The van der Waals surface area contributed by atoms with Crippen LogP contribution in [0.2, 0.25) is 0 Å². The van der Waals surface area contributed by atoms with Crippen LogP contribution in [0.25, 0.3) is 10.8 Å². The molecular formula is C58H57F4N4O8S3+. The van der Waals surface area contributed by atoms with Crippen LogP contribution in [-0.2, 0) is 39.1 Å². The lowest BCUT2D eigenvalue weighted by Crippen LogP contribution is -2.34. The van der Waals surface area contributed by atoms with Gasteiger partial charge in [-0.1, -0.05) is 55.1 Å². The number of sulfonamides is 2. The first kappa shape index (κ1) is 57.4. The van der Waals surface area contributed by atoms with Gasteiger partial charge in [-0.05, 0) is 129 Å². The Kier molecular flexibility index (Phi) is 19.1. The van der Waals surface area contributed by atoms with Gasteiger partial charge in [0, 0.05) is 61.0 Å². The number of nitrogens with one attached hydrogen (secondary N) is 2. The zero-order valence-electron chi connectivity index (χ0n) is 42.7. The smallest absolute Gasteiger partial charge is 0.330 e. The van der Waals surface area contributed by atoms with E-state index in [0.717, 1.165) is 79.0 Å². The van der Waals surface area contributed by atoms with E-state index < -0.39 is 83.2 Å². The molecular weight excluding hydrogens is 1050 g/mol. The largest absolute Gasteiger partial charge is 0.465 e. The third kappa shape index (κ3) is 14.0. The number of hydrogen-bond acceptors (Lipinski definition) is 12. The number of rotatable bonds is 25. The van der Waals surface area contributed by atoms with E-state index in [2.05, 4.69) is 108 Å². The van der Waals surface area contributed by atoms with E-state index in [1.807, 2.05) is 74.8 Å². The Morgan fingerprint density at radius 3 is 1.73 bits per heavy atom. The molecule has 0 saturated carbocycles. The SMILES string of the molecule is C=CC(=O)OCCCC(=O)OCCSc1c(F)c(F)c(S(=O)(=O)NS(=O)(=O)CCCCNc2ccc([C+](c3ccc(N(C)c4ccccc4C)cc3)c3ccc(N(C)c4ccccc4C)cc3)c3ccccc23)c(F)c1F. The Hall–Kier alpha value is -7.32. The average Bonchev–Trinajstić information content (AvgIpc) is 3.43. The second-order valence-electron chi connectivity index (χ2n) is 17.9. The number of carbonyl (C=O) groups excluding carboxylic acids is 2. The number of carbonyl (C=O) groups is 2. The van der Waals surface area contributed by atoms with Crippen LogP contribution in [0.15, 0.2) is 156 Å². The summed E-state index contributed by atoms with van der Waals surface area (Å²) >= 11 is 0.197. The van der Waals surface area contributed by atoms with Crippen LogP contribution in [0.4, 0.5) is 46.0 Å². The summed E-state index contributed by atoms with van der Waals surface area (Å²) in [6.45, 7) is 7.08. The minimum absolute atomic E-state index is 0.0975. The first-order valence-electron chi connectivity index (χ1n) is 24.4. The van der Waals surface area contributed by atoms with Crippen LogP contribution in [0.5, 0.6) is 0 Å². The molecule has 7 aromatic carbocycles. The Bertz CT molecular complexity index is 3370. The number of benzene rings is 7. The molecule has 0 heterocycles. The Labute approximate surface area is 451 Å². The van der Waals surface area contributed by atoms with Crippen molar-refractivity contribution in [2.45, 2.75) is 49.3 Å². The molecule has 402 valence electrons. The minimum Gasteiger partial charge on any atom is -0.465 e. The van der Waals surface area contributed by atoms with Gasteiger partial charge in [-0.15, -0.1) is 15.9 Å². The van der Waals surface area contributed by atoms with Gasteiger partial charge in [0.05, 0.1) is 56.9 Å². The summed E-state index contributed by atoms with van der Waals surface area (Å²) in [6.07, 6.45) is 0.947. The highest BCUT2D eigenvalue weighted by atomic mass is 32.3. The van der Waals surface area contributed by atoms with Crippen molar-refractivity contribution in [3.8, 4) is 0 Å². The van der Waals surface area contributed by atoms with Crippen molar-refractivity contribution in [2.75, 3.05) is 60.5 Å². The lowest BCUT2D eigenvalue weighted by Gasteiger charge is -2.23. The minimum atomic E-state index is -5.70. The highest BCUT2D eigenvalue weighted by molar-refractivity contribution is 8.04. The zero-order chi connectivity index (χ0) is 55.4. The average molecular weight is 1110 g/mol. The topological polar surface area (TPSA) is 151 Å². The molecule has 0 unspecified atom stereocenters. The van der Waals surface area contributed by atoms with Gasteiger partial charge in [0.25, 0.3) is 10.0 Å². The number of aryl methyl sites for hydroxylation is 2. The number of para-hydroxylation sites is 2. The first-order valence-corrected chi connectivity index (χ1v) is 28.6. The van der Waals surface area contributed by atoms with E-state index in [0.29, 0.717) is 0 Å². The molecule has 0 aromatic heterocycles. The number of esters is 2. The maximum Gasteiger partial charge on any atom is 0.330 e. The third-order valence-electron chi connectivity index (χ3n) is 12.6. The van der Waals surface area contributed by atoms with Crippen LogP contribution < -0.4 is 19.2 Å². The molecule has 0 spiro atoms. The maximum atomic E-state index is 15.2. The Balaban J connectivity index is 1.02. The fourth-order valence-electron chi connectivity index (χ4n) is 8.67. The summed E-state index contributed by atoms with van der Waals surface area (Å²) in [7, 11) is -6.45. The molecule has 0 aliphatic carbocycles. The Morgan fingerprint density at radius 1 is 0.649 bits per heavy atom. The second kappa shape index (κ2) is 25.7. The highest BCUT2D eigenvalue weighted by Gasteiger charge is 2.36. The van der Waals surface area contributed by atoms with Crippen molar-refractivity contribution in [1.82, 2.24) is 4.13 Å². The summed E-state index contributed by atoms with van der Waals surface area (Å²) in [4.78, 5) is 23.9. The van der Waals surface area contributed by atoms with Crippen molar-refractivity contribution < 1.29 is 53.5 Å². The van der Waals surface area contributed by atoms with Gasteiger partial charge in [-0.3, -0.25) is 4.79 Å². The molecule has 0 radical (unpaired) electrons. The number of halogens is 4. The van der Waals surface area contributed by atoms with Crippen molar-refractivity contribution >= 4 is 83.0 Å². The van der Waals surface area contributed by atoms with Crippen molar-refractivity contribution in [3.05, 3.63) is 203 Å².